The SMILES string of the molecule is COc1ccc(-c2nc3ccc(N=Cc4cc5c(cc4[N+](=O)[O-])OCO5)cc3o2)cc1. The van der Waals surface area contributed by atoms with Crippen molar-refractivity contribution < 1.29 is 23.6 Å². The van der Waals surface area contributed by atoms with Crippen molar-refractivity contribution in [3.8, 4) is 28.7 Å². The summed E-state index contributed by atoms with van der Waals surface area (Å²) in [7, 11) is 1.61. The van der Waals surface area contributed by atoms with E-state index in [-0.39, 0.29) is 12.5 Å². The van der Waals surface area contributed by atoms with Gasteiger partial charge in [0.15, 0.2) is 17.1 Å². The Labute approximate surface area is 175 Å². The van der Waals surface area contributed by atoms with E-state index in [2.05, 4.69) is 9.98 Å². The number of ether oxygens (including phenoxy) is 3. The Balaban J connectivity index is 1.46. The van der Waals surface area contributed by atoms with Gasteiger partial charge in [0.05, 0.1) is 29.4 Å². The van der Waals surface area contributed by atoms with E-state index >= 15 is 0 Å². The maximum Gasteiger partial charge on any atom is 0.282 e. The largest absolute Gasteiger partial charge is 0.497 e. The summed E-state index contributed by atoms with van der Waals surface area (Å²) in [5, 5.41) is 11.4. The number of nitro benzene ring substituents is 1. The molecule has 0 spiro atoms. The number of fused-ring (bicyclic) bond motifs is 2. The lowest BCUT2D eigenvalue weighted by molar-refractivity contribution is -0.385. The predicted molar refractivity (Wildman–Crippen MR) is 112 cm³/mol. The second-order valence-corrected chi connectivity index (χ2v) is 6.68. The molecule has 0 amide bonds. The van der Waals surface area contributed by atoms with E-state index in [0.717, 1.165) is 11.3 Å². The number of aromatic nitrogens is 1. The smallest absolute Gasteiger partial charge is 0.282 e. The average molecular weight is 417 g/mol. The maximum atomic E-state index is 11.4. The number of nitrogens with zero attached hydrogens (tertiary/aromatic N) is 3. The second-order valence-electron chi connectivity index (χ2n) is 6.68. The molecule has 9 heteroatoms. The second kappa shape index (κ2) is 7.45. The standard InChI is InChI=1S/C22H15N3O6/c1-28-16-5-2-13(3-6-16)22-24-17-7-4-15(9-19(17)31-22)23-11-14-8-20-21(30-12-29-20)10-18(14)25(26)27/h2-11H,12H2,1H3. The van der Waals surface area contributed by atoms with Crippen molar-refractivity contribution in [3.63, 3.8) is 0 Å². The van der Waals surface area contributed by atoms with Crippen LogP contribution in [0.4, 0.5) is 11.4 Å². The fourth-order valence-electron chi connectivity index (χ4n) is 3.20. The molecule has 31 heavy (non-hydrogen) atoms. The Morgan fingerprint density at radius 2 is 1.87 bits per heavy atom. The molecule has 4 aromatic rings. The number of methoxy groups -OCH3 is 1. The van der Waals surface area contributed by atoms with E-state index in [1.54, 1.807) is 31.4 Å². The molecule has 1 aromatic heterocycles. The van der Waals surface area contributed by atoms with E-state index in [1.807, 2.05) is 24.3 Å². The molecular formula is C22H15N3O6. The van der Waals surface area contributed by atoms with Crippen LogP contribution in [0, 0.1) is 10.1 Å². The van der Waals surface area contributed by atoms with Crippen LogP contribution in [0.5, 0.6) is 17.2 Å². The van der Waals surface area contributed by atoms with Gasteiger partial charge in [-0.3, -0.25) is 15.1 Å². The quantitative estimate of drug-likeness (QED) is 0.258. The Bertz CT molecular complexity index is 1330. The van der Waals surface area contributed by atoms with Gasteiger partial charge in [0, 0.05) is 17.8 Å². The summed E-state index contributed by atoms with van der Waals surface area (Å²) in [4.78, 5) is 19.8. The van der Waals surface area contributed by atoms with Crippen molar-refractivity contribution in [2.45, 2.75) is 0 Å². The maximum absolute atomic E-state index is 11.4. The van der Waals surface area contributed by atoms with Gasteiger partial charge in [-0.1, -0.05) is 0 Å². The number of benzene rings is 3. The topological polar surface area (TPSA) is 109 Å². The Morgan fingerprint density at radius 1 is 1.10 bits per heavy atom. The molecule has 0 saturated heterocycles. The number of hydrogen-bond donors (Lipinski definition) is 0. The summed E-state index contributed by atoms with van der Waals surface area (Å²) >= 11 is 0. The molecule has 0 radical (unpaired) electrons. The Morgan fingerprint density at radius 3 is 2.61 bits per heavy atom. The third-order valence-corrected chi connectivity index (χ3v) is 4.78. The first-order valence-corrected chi connectivity index (χ1v) is 9.28. The first-order valence-electron chi connectivity index (χ1n) is 9.28. The molecule has 5 rings (SSSR count). The van der Waals surface area contributed by atoms with Crippen LogP contribution in [-0.4, -0.2) is 30.0 Å². The van der Waals surface area contributed by atoms with Gasteiger partial charge < -0.3 is 18.6 Å². The summed E-state index contributed by atoms with van der Waals surface area (Å²) in [6.45, 7) is 0.0335. The lowest BCUT2D eigenvalue weighted by Crippen LogP contribution is -1.94. The van der Waals surface area contributed by atoms with Gasteiger partial charge in [0.25, 0.3) is 5.69 Å². The zero-order valence-electron chi connectivity index (χ0n) is 16.3. The Kier molecular flexibility index (Phi) is 4.47. The van der Waals surface area contributed by atoms with Crippen LogP contribution in [0.15, 0.2) is 64.0 Å². The molecule has 0 atom stereocenters. The molecule has 0 fully saturated rings. The minimum atomic E-state index is -0.482. The van der Waals surface area contributed by atoms with Gasteiger partial charge in [-0.25, -0.2) is 4.98 Å². The lowest BCUT2D eigenvalue weighted by atomic mass is 10.1. The van der Waals surface area contributed by atoms with Crippen LogP contribution in [-0.2, 0) is 0 Å². The molecular weight excluding hydrogens is 402 g/mol. The highest BCUT2D eigenvalue weighted by Crippen LogP contribution is 2.37. The first-order chi connectivity index (χ1) is 15.1. The van der Waals surface area contributed by atoms with Crippen LogP contribution in [0.1, 0.15) is 5.56 Å². The first kappa shape index (κ1) is 18.6. The monoisotopic (exact) mass is 417 g/mol. The van der Waals surface area contributed by atoms with E-state index in [0.29, 0.717) is 39.7 Å². The number of oxazole rings is 1. The van der Waals surface area contributed by atoms with Crippen molar-refractivity contribution in [3.05, 3.63) is 70.3 Å². The van der Waals surface area contributed by atoms with Crippen molar-refractivity contribution in [1.29, 1.82) is 0 Å². The number of rotatable bonds is 5. The normalized spacial score (nSPS) is 12.5. The summed E-state index contributed by atoms with van der Waals surface area (Å²) < 4.78 is 21.6. The molecule has 9 nitrogen and oxygen atoms in total. The molecule has 154 valence electrons. The van der Waals surface area contributed by atoms with Crippen LogP contribution in [0.25, 0.3) is 22.6 Å². The van der Waals surface area contributed by atoms with Gasteiger partial charge in [-0.15, -0.1) is 0 Å². The van der Waals surface area contributed by atoms with E-state index < -0.39 is 4.92 Å². The number of hydrogen-bond acceptors (Lipinski definition) is 8. The molecule has 0 saturated carbocycles. The minimum Gasteiger partial charge on any atom is -0.497 e. The van der Waals surface area contributed by atoms with Gasteiger partial charge in [0.2, 0.25) is 12.7 Å². The fourth-order valence-corrected chi connectivity index (χ4v) is 3.20. The zero-order chi connectivity index (χ0) is 21.4. The predicted octanol–water partition coefficient (Wildman–Crippen LogP) is 4.89. The zero-order valence-corrected chi connectivity index (χ0v) is 16.3. The summed E-state index contributed by atoms with van der Waals surface area (Å²) in [5.74, 6) is 2.01. The highest BCUT2D eigenvalue weighted by atomic mass is 16.7. The summed E-state index contributed by atoms with van der Waals surface area (Å²) in [5.41, 5.74) is 2.82. The highest BCUT2D eigenvalue weighted by Gasteiger charge is 2.22. The molecule has 0 N–H and O–H groups in total. The van der Waals surface area contributed by atoms with Crippen molar-refractivity contribution in [2.75, 3.05) is 13.9 Å². The lowest BCUT2D eigenvalue weighted by Gasteiger charge is -2.00. The van der Waals surface area contributed by atoms with Gasteiger partial charge >= 0.3 is 0 Å². The van der Waals surface area contributed by atoms with Crippen molar-refractivity contribution in [1.82, 2.24) is 4.98 Å². The van der Waals surface area contributed by atoms with Crippen LogP contribution >= 0.6 is 0 Å². The van der Waals surface area contributed by atoms with Crippen LogP contribution in [0.3, 0.4) is 0 Å². The molecule has 0 aliphatic carbocycles. The van der Waals surface area contributed by atoms with Crippen molar-refractivity contribution >= 4 is 28.7 Å². The van der Waals surface area contributed by atoms with E-state index in [1.165, 1.54) is 12.3 Å². The Hall–Kier alpha value is -4.40. The summed E-state index contributed by atoms with van der Waals surface area (Å²) in [6, 6.07) is 15.5. The van der Waals surface area contributed by atoms with Gasteiger partial charge in [0.1, 0.15) is 11.3 Å². The third-order valence-electron chi connectivity index (χ3n) is 4.78. The summed E-state index contributed by atoms with van der Waals surface area (Å²) in [6.07, 6.45) is 1.42. The molecule has 1 aliphatic rings. The van der Waals surface area contributed by atoms with Gasteiger partial charge in [-0.05, 0) is 42.5 Å². The molecule has 3 aromatic carbocycles. The molecule has 2 heterocycles. The van der Waals surface area contributed by atoms with Gasteiger partial charge in [-0.2, -0.15) is 0 Å². The average Bonchev–Trinajstić information content (AvgIpc) is 3.43. The minimum absolute atomic E-state index is 0.0335. The van der Waals surface area contributed by atoms with E-state index in [4.69, 9.17) is 18.6 Å². The molecule has 0 unspecified atom stereocenters. The van der Waals surface area contributed by atoms with Crippen LogP contribution in [0.2, 0.25) is 0 Å². The highest BCUT2D eigenvalue weighted by molar-refractivity contribution is 5.89. The van der Waals surface area contributed by atoms with Crippen molar-refractivity contribution in [2.24, 2.45) is 4.99 Å². The molecule has 0 bridgehead atoms. The van der Waals surface area contributed by atoms with Crippen LogP contribution < -0.4 is 14.2 Å². The fraction of sp³-hybridized carbons (Fsp3) is 0.0909. The number of aliphatic imine (C=N–C) groups is 1. The number of nitro groups is 1. The third kappa shape index (κ3) is 3.52. The molecule has 1 aliphatic heterocycles. The van der Waals surface area contributed by atoms with E-state index in [9.17, 15) is 10.1 Å².